The Bertz CT molecular complexity index is 812. The van der Waals surface area contributed by atoms with E-state index in [2.05, 4.69) is 4.98 Å². The SMILES string of the molecule is CC(=O)Oc1cc(F)c(-c2nc3c(s2)CN(C(C)=O)CC3)c(F)c1. The Kier molecular flexibility index (Phi) is 4.31. The summed E-state index contributed by atoms with van der Waals surface area (Å²) < 4.78 is 33.3. The fraction of sp³-hybridized carbons (Fsp3) is 0.312. The van der Waals surface area contributed by atoms with E-state index in [4.69, 9.17) is 4.74 Å². The van der Waals surface area contributed by atoms with Gasteiger partial charge in [0.1, 0.15) is 22.4 Å². The third-order valence-electron chi connectivity index (χ3n) is 3.67. The van der Waals surface area contributed by atoms with Crippen LogP contribution in [0.1, 0.15) is 24.4 Å². The summed E-state index contributed by atoms with van der Waals surface area (Å²) >= 11 is 1.16. The highest BCUT2D eigenvalue weighted by atomic mass is 32.1. The van der Waals surface area contributed by atoms with E-state index in [1.165, 1.54) is 6.92 Å². The Morgan fingerprint density at radius 3 is 2.50 bits per heavy atom. The molecule has 3 rings (SSSR count). The number of thiazole rings is 1. The number of carbonyl (C=O) groups is 2. The zero-order chi connectivity index (χ0) is 17.4. The number of ether oxygens (including phenoxy) is 1. The third-order valence-corrected chi connectivity index (χ3v) is 4.77. The molecule has 0 fully saturated rings. The van der Waals surface area contributed by atoms with Crippen LogP contribution in [0.3, 0.4) is 0 Å². The highest BCUT2D eigenvalue weighted by Crippen LogP contribution is 2.36. The molecule has 1 aromatic carbocycles. The third kappa shape index (κ3) is 3.14. The second-order valence-electron chi connectivity index (χ2n) is 5.44. The van der Waals surface area contributed by atoms with Crippen LogP contribution in [-0.2, 0) is 22.6 Å². The van der Waals surface area contributed by atoms with Crippen LogP contribution >= 0.6 is 11.3 Å². The molecule has 0 radical (unpaired) electrons. The van der Waals surface area contributed by atoms with Crippen LogP contribution in [0.5, 0.6) is 5.75 Å². The number of fused-ring (bicyclic) bond motifs is 1. The second kappa shape index (κ2) is 6.27. The molecule has 0 atom stereocenters. The van der Waals surface area contributed by atoms with E-state index in [1.54, 1.807) is 4.90 Å². The predicted molar refractivity (Wildman–Crippen MR) is 83.6 cm³/mol. The molecule has 2 heterocycles. The highest BCUT2D eigenvalue weighted by Gasteiger charge is 2.25. The Labute approximate surface area is 140 Å². The molecule has 1 aromatic heterocycles. The smallest absolute Gasteiger partial charge is 0.308 e. The van der Waals surface area contributed by atoms with Crippen molar-refractivity contribution in [3.05, 3.63) is 34.3 Å². The Hall–Kier alpha value is -2.35. The molecule has 1 amide bonds. The quantitative estimate of drug-likeness (QED) is 0.616. The molecule has 24 heavy (non-hydrogen) atoms. The van der Waals surface area contributed by atoms with Crippen LogP contribution in [0.2, 0.25) is 0 Å². The zero-order valence-corrected chi connectivity index (χ0v) is 13.9. The van der Waals surface area contributed by atoms with Crippen molar-refractivity contribution >= 4 is 23.2 Å². The lowest BCUT2D eigenvalue weighted by Crippen LogP contribution is -2.33. The fourth-order valence-corrected chi connectivity index (χ4v) is 3.72. The maximum atomic E-state index is 14.3. The lowest BCUT2D eigenvalue weighted by molar-refractivity contribution is -0.132. The van der Waals surface area contributed by atoms with E-state index >= 15 is 0 Å². The number of rotatable bonds is 2. The number of nitrogens with zero attached hydrogens (tertiary/aromatic N) is 2. The zero-order valence-electron chi connectivity index (χ0n) is 13.1. The van der Waals surface area contributed by atoms with E-state index in [0.29, 0.717) is 19.5 Å². The van der Waals surface area contributed by atoms with Gasteiger partial charge >= 0.3 is 5.97 Å². The van der Waals surface area contributed by atoms with Crippen molar-refractivity contribution in [2.45, 2.75) is 26.8 Å². The molecule has 0 aliphatic carbocycles. The van der Waals surface area contributed by atoms with Gasteiger partial charge in [-0.3, -0.25) is 9.59 Å². The summed E-state index contributed by atoms with van der Waals surface area (Å²) in [5, 5.41) is 0.217. The first-order chi connectivity index (χ1) is 11.3. The summed E-state index contributed by atoms with van der Waals surface area (Å²) in [6.45, 7) is 3.58. The number of aromatic nitrogens is 1. The molecule has 0 saturated carbocycles. The van der Waals surface area contributed by atoms with Crippen molar-refractivity contribution in [2.24, 2.45) is 0 Å². The molecule has 5 nitrogen and oxygen atoms in total. The molecular formula is C16H14F2N2O3S. The topological polar surface area (TPSA) is 59.5 Å². The van der Waals surface area contributed by atoms with E-state index < -0.39 is 17.6 Å². The summed E-state index contributed by atoms with van der Waals surface area (Å²) in [4.78, 5) is 29.2. The number of carbonyl (C=O) groups excluding carboxylic acids is 2. The largest absolute Gasteiger partial charge is 0.427 e. The van der Waals surface area contributed by atoms with Crippen molar-refractivity contribution in [1.82, 2.24) is 9.88 Å². The van der Waals surface area contributed by atoms with Gasteiger partial charge in [0.05, 0.1) is 17.8 Å². The number of benzene rings is 1. The number of amides is 1. The summed E-state index contributed by atoms with van der Waals surface area (Å²) in [7, 11) is 0. The van der Waals surface area contributed by atoms with E-state index in [-0.39, 0.29) is 22.2 Å². The van der Waals surface area contributed by atoms with E-state index in [1.807, 2.05) is 0 Å². The van der Waals surface area contributed by atoms with Crippen LogP contribution in [0.4, 0.5) is 8.78 Å². The number of halogens is 2. The normalized spacial score (nSPS) is 13.6. The summed E-state index contributed by atoms with van der Waals surface area (Å²) in [6.07, 6.45) is 0.556. The van der Waals surface area contributed by atoms with Crippen molar-refractivity contribution in [3.8, 4) is 16.3 Å². The Morgan fingerprint density at radius 1 is 1.25 bits per heavy atom. The van der Waals surface area contributed by atoms with Gasteiger partial charge in [-0.1, -0.05) is 0 Å². The van der Waals surface area contributed by atoms with E-state index in [0.717, 1.165) is 41.0 Å². The molecule has 0 spiro atoms. The number of hydrogen-bond donors (Lipinski definition) is 0. The lowest BCUT2D eigenvalue weighted by atomic mass is 10.1. The molecule has 8 heteroatoms. The summed E-state index contributed by atoms with van der Waals surface area (Å²) in [5.41, 5.74) is 0.509. The molecule has 1 aliphatic heterocycles. The lowest BCUT2D eigenvalue weighted by Gasteiger charge is -2.24. The standard InChI is InChI=1S/C16H14F2N2O3S/c1-8(21)20-4-3-13-14(7-20)24-16(19-13)15-11(17)5-10(6-12(15)18)23-9(2)22/h5-6H,3-4,7H2,1-2H3. The summed E-state index contributed by atoms with van der Waals surface area (Å²) in [6, 6.07) is 1.92. The minimum Gasteiger partial charge on any atom is -0.427 e. The van der Waals surface area contributed by atoms with Gasteiger partial charge in [-0.15, -0.1) is 11.3 Å². The van der Waals surface area contributed by atoms with Crippen molar-refractivity contribution < 1.29 is 23.1 Å². The van der Waals surface area contributed by atoms with Gasteiger partial charge < -0.3 is 9.64 Å². The maximum Gasteiger partial charge on any atom is 0.308 e. The number of esters is 1. The van der Waals surface area contributed by atoms with Crippen molar-refractivity contribution in [1.29, 1.82) is 0 Å². The molecule has 0 bridgehead atoms. The van der Waals surface area contributed by atoms with Gasteiger partial charge in [0.15, 0.2) is 0 Å². The maximum absolute atomic E-state index is 14.3. The van der Waals surface area contributed by atoms with Gasteiger partial charge in [0.25, 0.3) is 0 Å². The average molecular weight is 352 g/mol. The van der Waals surface area contributed by atoms with Gasteiger partial charge in [0, 0.05) is 43.8 Å². The first-order valence-corrected chi connectivity index (χ1v) is 8.08. The van der Waals surface area contributed by atoms with Crippen molar-refractivity contribution in [2.75, 3.05) is 6.54 Å². The molecule has 2 aromatic rings. The van der Waals surface area contributed by atoms with Crippen LogP contribution in [0.15, 0.2) is 12.1 Å². The van der Waals surface area contributed by atoms with Crippen LogP contribution in [0, 0.1) is 11.6 Å². The highest BCUT2D eigenvalue weighted by molar-refractivity contribution is 7.15. The minimum absolute atomic E-state index is 0.0429. The predicted octanol–water partition coefficient (Wildman–Crippen LogP) is 2.92. The Balaban J connectivity index is 1.96. The van der Waals surface area contributed by atoms with Crippen LogP contribution in [0.25, 0.3) is 10.6 Å². The molecule has 0 N–H and O–H groups in total. The molecular weight excluding hydrogens is 338 g/mol. The monoisotopic (exact) mass is 352 g/mol. The van der Waals surface area contributed by atoms with Gasteiger partial charge in [-0.2, -0.15) is 0 Å². The first-order valence-electron chi connectivity index (χ1n) is 7.27. The fourth-order valence-electron chi connectivity index (χ4n) is 2.55. The van der Waals surface area contributed by atoms with Crippen LogP contribution in [-0.4, -0.2) is 28.3 Å². The Morgan fingerprint density at radius 2 is 1.92 bits per heavy atom. The summed E-state index contributed by atoms with van der Waals surface area (Å²) in [5.74, 6) is -2.58. The van der Waals surface area contributed by atoms with Crippen molar-refractivity contribution in [3.63, 3.8) is 0 Å². The molecule has 126 valence electrons. The second-order valence-corrected chi connectivity index (χ2v) is 6.52. The van der Waals surface area contributed by atoms with Crippen LogP contribution < -0.4 is 4.74 Å². The molecule has 0 saturated heterocycles. The van der Waals surface area contributed by atoms with Gasteiger partial charge in [0.2, 0.25) is 5.91 Å². The van der Waals surface area contributed by atoms with Gasteiger partial charge in [-0.25, -0.2) is 13.8 Å². The average Bonchev–Trinajstić information content (AvgIpc) is 2.87. The molecule has 0 unspecified atom stereocenters. The molecule has 1 aliphatic rings. The van der Waals surface area contributed by atoms with Gasteiger partial charge in [-0.05, 0) is 0 Å². The van der Waals surface area contributed by atoms with E-state index in [9.17, 15) is 18.4 Å². The minimum atomic E-state index is -0.847. The first kappa shape index (κ1) is 16.5. The number of hydrogen-bond acceptors (Lipinski definition) is 5.